The molecule has 0 aliphatic carbocycles. The quantitative estimate of drug-likeness (QED) is 0.124. The van der Waals surface area contributed by atoms with E-state index in [1.165, 1.54) is 36.7 Å². The van der Waals surface area contributed by atoms with E-state index in [1.807, 2.05) is 60.7 Å². The van der Waals surface area contributed by atoms with Crippen molar-refractivity contribution in [1.29, 1.82) is 0 Å². The Labute approximate surface area is 279 Å². The number of nitrogens with zero attached hydrogens (tertiary/aromatic N) is 4. The number of aromatic hydroxyl groups is 2. The van der Waals surface area contributed by atoms with Crippen LogP contribution in [0, 0.1) is 0 Å². The van der Waals surface area contributed by atoms with Crippen molar-refractivity contribution in [2.45, 2.75) is 0 Å². The van der Waals surface area contributed by atoms with Gasteiger partial charge in [0.25, 0.3) is 0 Å². The van der Waals surface area contributed by atoms with Gasteiger partial charge in [-0.15, -0.1) is 0 Å². The summed E-state index contributed by atoms with van der Waals surface area (Å²) in [6.07, 6.45) is 3.02. The van der Waals surface area contributed by atoms with Gasteiger partial charge < -0.3 is 31.7 Å². The zero-order valence-corrected chi connectivity index (χ0v) is 26.1. The van der Waals surface area contributed by atoms with Crippen LogP contribution in [0.4, 0.5) is 11.6 Å². The summed E-state index contributed by atoms with van der Waals surface area (Å²) in [7, 11) is -1.55. The Morgan fingerprint density at radius 3 is 1.57 bits per heavy atom. The van der Waals surface area contributed by atoms with Gasteiger partial charge in [-0.2, -0.15) is 0 Å². The van der Waals surface area contributed by atoms with Crippen LogP contribution in [0.5, 0.6) is 11.5 Å². The molecule has 6 rings (SSSR count). The molecule has 2 aromatic heterocycles. The Kier molecular flexibility index (Phi) is 11.7. The van der Waals surface area contributed by atoms with Crippen molar-refractivity contribution in [3.63, 3.8) is 0 Å². The first-order chi connectivity index (χ1) is 22.0. The SMILES string of the molecule is Nc1cnc(-c2ccccc2)c(-c2ccc(O)c(Cl)c2)n1.Nc1cnc(-c2ccccc2)c(Cl)n1.OB(O)c1ccc(O)c(Cl)c1. The molecule has 6 aromatic rings. The highest BCUT2D eigenvalue weighted by Gasteiger charge is 2.13. The maximum atomic E-state index is 9.54. The molecular formula is C32H26BCl3N6O4. The third-order valence-electron chi connectivity index (χ3n) is 6.13. The van der Waals surface area contributed by atoms with Gasteiger partial charge >= 0.3 is 7.12 Å². The van der Waals surface area contributed by atoms with E-state index in [9.17, 15) is 5.11 Å². The van der Waals surface area contributed by atoms with E-state index in [2.05, 4.69) is 19.9 Å². The second-order valence-corrected chi connectivity index (χ2v) is 10.6. The molecule has 10 nitrogen and oxygen atoms in total. The monoisotopic (exact) mass is 674 g/mol. The number of phenols is 2. The van der Waals surface area contributed by atoms with Gasteiger partial charge in [-0.3, -0.25) is 4.98 Å². The molecule has 0 spiro atoms. The fourth-order valence-corrected chi connectivity index (χ4v) is 4.54. The van der Waals surface area contributed by atoms with Crippen LogP contribution in [0.15, 0.2) is 109 Å². The van der Waals surface area contributed by atoms with Crippen molar-refractivity contribution in [3.05, 3.63) is 125 Å². The van der Waals surface area contributed by atoms with Gasteiger partial charge in [-0.25, -0.2) is 15.0 Å². The predicted octanol–water partition coefficient (Wildman–Crippen LogP) is 5.86. The zero-order chi connectivity index (χ0) is 33.2. The van der Waals surface area contributed by atoms with Crippen LogP contribution in [0.25, 0.3) is 33.8 Å². The third kappa shape index (κ3) is 9.07. The molecule has 0 radical (unpaired) electrons. The van der Waals surface area contributed by atoms with Crippen LogP contribution in [-0.4, -0.2) is 47.3 Å². The number of hydrogen-bond donors (Lipinski definition) is 6. The number of rotatable bonds is 4. The number of hydrogen-bond acceptors (Lipinski definition) is 10. The molecule has 2 heterocycles. The molecule has 0 aliphatic rings. The maximum Gasteiger partial charge on any atom is 0.488 e. The normalized spacial score (nSPS) is 10.2. The Morgan fingerprint density at radius 1 is 0.543 bits per heavy atom. The highest BCUT2D eigenvalue weighted by atomic mass is 35.5. The molecule has 8 N–H and O–H groups in total. The first-order valence-electron chi connectivity index (χ1n) is 13.4. The van der Waals surface area contributed by atoms with Gasteiger partial charge in [0.15, 0.2) is 5.15 Å². The summed E-state index contributed by atoms with van der Waals surface area (Å²) in [5.41, 5.74) is 16.1. The molecule has 0 atom stereocenters. The van der Waals surface area contributed by atoms with Crippen LogP contribution in [0.1, 0.15) is 0 Å². The van der Waals surface area contributed by atoms with E-state index >= 15 is 0 Å². The molecular weight excluding hydrogens is 650 g/mol. The summed E-state index contributed by atoms with van der Waals surface area (Å²) in [6, 6.07) is 28.2. The van der Waals surface area contributed by atoms with Crippen LogP contribution in [0.2, 0.25) is 15.2 Å². The van der Waals surface area contributed by atoms with Gasteiger partial charge in [0, 0.05) is 16.7 Å². The Balaban J connectivity index is 0.000000167. The highest BCUT2D eigenvalue weighted by Crippen LogP contribution is 2.33. The molecule has 0 saturated heterocycles. The van der Waals surface area contributed by atoms with E-state index in [1.54, 1.807) is 12.1 Å². The minimum absolute atomic E-state index is 0.0264. The summed E-state index contributed by atoms with van der Waals surface area (Å²) in [6.45, 7) is 0. The minimum atomic E-state index is -1.55. The van der Waals surface area contributed by atoms with Gasteiger partial charge in [0.2, 0.25) is 0 Å². The highest BCUT2D eigenvalue weighted by molar-refractivity contribution is 6.59. The van der Waals surface area contributed by atoms with Crippen LogP contribution in [0.3, 0.4) is 0 Å². The summed E-state index contributed by atoms with van der Waals surface area (Å²) in [5.74, 6) is 0.609. The van der Waals surface area contributed by atoms with Crippen molar-refractivity contribution in [3.8, 4) is 45.3 Å². The Hall–Kier alpha value is -4.91. The lowest BCUT2D eigenvalue weighted by Gasteiger charge is -2.09. The lowest BCUT2D eigenvalue weighted by molar-refractivity contribution is 0.425. The van der Waals surface area contributed by atoms with Crippen molar-refractivity contribution in [2.24, 2.45) is 0 Å². The molecule has 4 aromatic carbocycles. The standard InChI is InChI=1S/C16H12ClN3O.C10H8ClN3.C6H6BClO3/c17-12-8-11(6-7-13(12)21)16-15(19-9-14(18)20-16)10-4-2-1-3-5-10;11-10-9(13-6-8(12)14-10)7-4-2-1-3-5-7;8-5-3-4(7(10)11)1-2-6(5)9/h1-9,21H,(H2,18,20);1-6H,(H2,12,14);1-3,9-11H. The van der Waals surface area contributed by atoms with Crippen LogP contribution in [-0.2, 0) is 0 Å². The topological polar surface area (TPSA) is 185 Å². The zero-order valence-electron chi connectivity index (χ0n) is 23.8. The van der Waals surface area contributed by atoms with Crippen LogP contribution < -0.4 is 16.9 Å². The average Bonchev–Trinajstić information content (AvgIpc) is 3.05. The smallest absolute Gasteiger partial charge is 0.488 e. The first kappa shape index (κ1) is 34.0. The summed E-state index contributed by atoms with van der Waals surface area (Å²) in [4.78, 5) is 16.8. The van der Waals surface area contributed by atoms with E-state index < -0.39 is 7.12 Å². The molecule has 46 heavy (non-hydrogen) atoms. The number of nitrogen functional groups attached to an aromatic ring is 2. The molecule has 0 aliphatic heterocycles. The lowest BCUT2D eigenvalue weighted by atomic mass is 9.80. The Morgan fingerprint density at radius 2 is 1.04 bits per heavy atom. The van der Waals surface area contributed by atoms with Crippen LogP contribution >= 0.6 is 34.8 Å². The predicted molar refractivity (Wildman–Crippen MR) is 184 cm³/mol. The molecule has 232 valence electrons. The number of phenolic OH excluding ortho intramolecular Hbond substituents is 2. The molecule has 0 unspecified atom stereocenters. The van der Waals surface area contributed by atoms with Gasteiger partial charge in [-0.1, -0.05) is 102 Å². The second-order valence-electron chi connectivity index (χ2n) is 9.41. The number of aromatic nitrogens is 4. The van der Waals surface area contributed by atoms with Crippen molar-refractivity contribution in [2.75, 3.05) is 11.5 Å². The maximum absolute atomic E-state index is 9.54. The van der Waals surface area contributed by atoms with Gasteiger partial charge in [-0.05, 0) is 35.8 Å². The van der Waals surface area contributed by atoms with E-state index in [0.29, 0.717) is 33.9 Å². The van der Waals surface area contributed by atoms with Crippen molar-refractivity contribution in [1.82, 2.24) is 19.9 Å². The number of benzene rings is 4. The van der Waals surface area contributed by atoms with Gasteiger partial charge in [0.05, 0.1) is 33.8 Å². The third-order valence-corrected chi connectivity index (χ3v) is 6.99. The Bertz CT molecular complexity index is 1920. The number of nitrogens with two attached hydrogens (primary N) is 2. The summed E-state index contributed by atoms with van der Waals surface area (Å²) >= 11 is 17.4. The van der Waals surface area contributed by atoms with E-state index in [-0.39, 0.29) is 27.0 Å². The summed E-state index contributed by atoms with van der Waals surface area (Å²) < 4.78 is 0. The lowest BCUT2D eigenvalue weighted by Crippen LogP contribution is -2.29. The minimum Gasteiger partial charge on any atom is -0.506 e. The first-order valence-corrected chi connectivity index (χ1v) is 14.5. The van der Waals surface area contributed by atoms with E-state index in [4.69, 9.17) is 61.4 Å². The van der Waals surface area contributed by atoms with E-state index in [0.717, 1.165) is 16.7 Å². The van der Waals surface area contributed by atoms with Crippen molar-refractivity contribution >= 4 is 59.0 Å². The molecule has 14 heteroatoms. The fraction of sp³-hybridized carbons (Fsp3) is 0. The fourth-order valence-electron chi connectivity index (χ4n) is 3.92. The molecule has 0 bridgehead atoms. The molecule has 0 fully saturated rings. The average molecular weight is 676 g/mol. The number of halogens is 3. The largest absolute Gasteiger partial charge is 0.506 e. The van der Waals surface area contributed by atoms with Gasteiger partial charge in [0.1, 0.15) is 28.8 Å². The molecule has 0 saturated carbocycles. The number of anilines is 2. The van der Waals surface area contributed by atoms with Crippen molar-refractivity contribution < 1.29 is 20.3 Å². The molecule has 0 amide bonds. The second kappa shape index (κ2) is 15.9. The summed E-state index contributed by atoms with van der Waals surface area (Å²) in [5, 5.41) is 36.5.